The minimum Gasteiger partial charge on any atom is -0.493 e. The van der Waals surface area contributed by atoms with Crippen molar-refractivity contribution in [1.82, 2.24) is 4.57 Å². The maximum atomic E-state index is 14.0. The molecule has 0 fully saturated rings. The van der Waals surface area contributed by atoms with Gasteiger partial charge in [0.15, 0.2) is 12.5 Å². The summed E-state index contributed by atoms with van der Waals surface area (Å²) in [5.41, 5.74) is 2.64. The monoisotopic (exact) mass is 342 g/mol. The minimum atomic E-state index is -0.413. The first kappa shape index (κ1) is 15.6. The van der Waals surface area contributed by atoms with Crippen LogP contribution in [-0.2, 0) is 17.9 Å². The molecule has 1 aromatic heterocycles. The van der Waals surface area contributed by atoms with E-state index in [1.807, 2.05) is 19.1 Å². The number of rotatable bonds is 3. The zero-order valence-electron chi connectivity index (χ0n) is 13.5. The molecule has 0 radical (unpaired) electrons. The molecular formula is C18H15FN2O4. The minimum absolute atomic E-state index is 0.0115. The Labute approximate surface area is 142 Å². The molecule has 0 saturated carbocycles. The average Bonchev–Trinajstić information content (AvgIpc) is 2.88. The maximum absolute atomic E-state index is 14.0. The normalized spacial score (nSPS) is 13.5. The lowest BCUT2D eigenvalue weighted by molar-refractivity contribution is -0.0173. The van der Waals surface area contributed by atoms with Crippen molar-refractivity contribution in [1.29, 1.82) is 0 Å². The van der Waals surface area contributed by atoms with Gasteiger partial charge in [-0.1, -0.05) is 12.1 Å². The van der Waals surface area contributed by atoms with Crippen LogP contribution in [0.15, 0.2) is 35.5 Å². The highest BCUT2D eigenvalue weighted by Crippen LogP contribution is 2.41. The number of benzene rings is 2. The first-order chi connectivity index (χ1) is 12.1. The van der Waals surface area contributed by atoms with E-state index in [4.69, 9.17) is 9.47 Å². The molecule has 6 nitrogen and oxygen atoms in total. The number of hydrogen-bond donors (Lipinski definition) is 1. The quantitative estimate of drug-likeness (QED) is 0.727. The van der Waals surface area contributed by atoms with E-state index in [0.29, 0.717) is 27.8 Å². The fourth-order valence-corrected chi connectivity index (χ4v) is 3.33. The highest BCUT2D eigenvalue weighted by Gasteiger charge is 2.22. The molecule has 4 rings (SSSR count). The van der Waals surface area contributed by atoms with Crippen LogP contribution in [0.4, 0.5) is 10.1 Å². The Morgan fingerprint density at radius 1 is 1.36 bits per heavy atom. The van der Waals surface area contributed by atoms with Gasteiger partial charge in [-0.15, -0.1) is 4.91 Å². The average molecular weight is 342 g/mol. The lowest BCUT2D eigenvalue weighted by atomic mass is 10.1. The summed E-state index contributed by atoms with van der Waals surface area (Å²) in [6.45, 7) is 2.33. The van der Waals surface area contributed by atoms with Crippen molar-refractivity contribution in [2.24, 2.45) is 5.18 Å². The number of halogens is 1. The summed E-state index contributed by atoms with van der Waals surface area (Å²) in [4.78, 5) is 11.2. The number of fused-ring (bicyclic) bond motifs is 2. The summed E-state index contributed by atoms with van der Waals surface area (Å²) < 4.78 is 26.2. The van der Waals surface area contributed by atoms with Gasteiger partial charge in [-0.3, -0.25) is 0 Å². The van der Waals surface area contributed by atoms with E-state index in [1.165, 1.54) is 16.7 Å². The van der Waals surface area contributed by atoms with Crippen LogP contribution in [0, 0.1) is 17.6 Å². The fraction of sp³-hybridized carbons (Fsp3) is 0.222. The van der Waals surface area contributed by atoms with Crippen LogP contribution in [0.2, 0.25) is 0 Å². The van der Waals surface area contributed by atoms with Gasteiger partial charge >= 0.3 is 0 Å². The predicted octanol–water partition coefficient (Wildman–Crippen LogP) is 4.11. The summed E-state index contributed by atoms with van der Waals surface area (Å²) in [7, 11) is 0. The second-order valence-corrected chi connectivity index (χ2v) is 5.98. The highest BCUT2D eigenvalue weighted by molar-refractivity contribution is 5.97. The summed E-state index contributed by atoms with van der Waals surface area (Å²) in [5, 5.41) is 14.0. The predicted molar refractivity (Wildman–Crippen MR) is 89.6 cm³/mol. The Balaban J connectivity index is 1.90. The molecule has 3 aromatic rings. The molecule has 25 heavy (non-hydrogen) atoms. The topological polar surface area (TPSA) is 73.0 Å². The Kier molecular flexibility index (Phi) is 3.65. The fourth-order valence-electron chi connectivity index (χ4n) is 3.33. The zero-order chi connectivity index (χ0) is 17.6. The molecule has 1 aliphatic heterocycles. The van der Waals surface area contributed by atoms with Crippen LogP contribution < -0.4 is 4.74 Å². The third-order valence-corrected chi connectivity index (χ3v) is 4.42. The van der Waals surface area contributed by atoms with Gasteiger partial charge in [0.05, 0.1) is 18.7 Å². The maximum Gasteiger partial charge on any atom is 0.222 e. The smallest absolute Gasteiger partial charge is 0.222 e. The Morgan fingerprint density at radius 3 is 3.00 bits per heavy atom. The van der Waals surface area contributed by atoms with Crippen molar-refractivity contribution in [3.63, 3.8) is 0 Å². The number of aromatic hydroxyl groups is 1. The molecule has 1 N–H and O–H groups in total. The summed E-state index contributed by atoms with van der Waals surface area (Å²) >= 11 is 0. The van der Waals surface area contributed by atoms with E-state index in [0.717, 1.165) is 5.56 Å². The standard InChI is InChI=1S/C18H15FN2O4/c1-10-3-2-4-14-15(10)16(20-23)18(22)21(14)7-11-5-13(19)6-12-8-24-9-25-17(11)12/h2-6,22H,7-9H2,1H3. The van der Waals surface area contributed by atoms with Gasteiger partial charge in [-0.05, 0) is 35.9 Å². The second kappa shape index (κ2) is 5.86. The molecule has 0 amide bonds. The van der Waals surface area contributed by atoms with Crippen molar-refractivity contribution in [2.75, 3.05) is 6.79 Å². The van der Waals surface area contributed by atoms with Gasteiger partial charge in [-0.2, -0.15) is 0 Å². The lowest BCUT2D eigenvalue weighted by Crippen LogP contribution is -2.14. The summed E-state index contributed by atoms with van der Waals surface area (Å²) in [6, 6.07) is 8.18. The molecule has 2 heterocycles. The molecule has 7 heteroatoms. The summed E-state index contributed by atoms with van der Waals surface area (Å²) in [6.07, 6.45) is 0. The third-order valence-electron chi connectivity index (χ3n) is 4.42. The van der Waals surface area contributed by atoms with Crippen molar-refractivity contribution in [3.8, 4) is 11.6 Å². The van der Waals surface area contributed by atoms with E-state index in [9.17, 15) is 14.4 Å². The van der Waals surface area contributed by atoms with E-state index in [2.05, 4.69) is 5.18 Å². The number of aromatic nitrogens is 1. The van der Waals surface area contributed by atoms with Crippen molar-refractivity contribution in [3.05, 3.63) is 57.7 Å². The molecule has 0 unspecified atom stereocenters. The van der Waals surface area contributed by atoms with Gasteiger partial charge in [-0.25, -0.2) is 4.39 Å². The summed E-state index contributed by atoms with van der Waals surface area (Å²) in [5.74, 6) is -0.116. The lowest BCUT2D eigenvalue weighted by Gasteiger charge is -2.21. The second-order valence-electron chi connectivity index (χ2n) is 5.98. The van der Waals surface area contributed by atoms with Crippen molar-refractivity contribution >= 4 is 16.6 Å². The van der Waals surface area contributed by atoms with Gasteiger partial charge in [0.25, 0.3) is 0 Å². The largest absolute Gasteiger partial charge is 0.493 e. The van der Waals surface area contributed by atoms with Gasteiger partial charge in [0.2, 0.25) is 5.88 Å². The molecule has 128 valence electrons. The Morgan fingerprint density at radius 2 is 2.20 bits per heavy atom. The third kappa shape index (κ3) is 2.44. The molecule has 0 saturated heterocycles. The first-order valence-corrected chi connectivity index (χ1v) is 7.76. The van der Waals surface area contributed by atoms with E-state index in [-0.39, 0.29) is 31.5 Å². The molecule has 1 aliphatic rings. The SMILES string of the molecule is Cc1cccc2c1c(N=O)c(O)n2Cc1cc(F)cc2c1OCOC2. The van der Waals surface area contributed by atoms with Crippen LogP contribution in [0.3, 0.4) is 0 Å². The number of ether oxygens (including phenoxy) is 2. The number of nitroso groups, excluding NO2 is 1. The van der Waals surface area contributed by atoms with Gasteiger partial charge in [0, 0.05) is 16.5 Å². The first-order valence-electron chi connectivity index (χ1n) is 7.76. The Hall–Kier alpha value is -2.93. The molecular weight excluding hydrogens is 327 g/mol. The van der Waals surface area contributed by atoms with E-state index >= 15 is 0 Å². The van der Waals surface area contributed by atoms with Crippen LogP contribution in [0.25, 0.3) is 10.9 Å². The zero-order valence-corrected chi connectivity index (χ0v) is 13.5. The van der Waals surface area contributed by atoms with Gasteiger partial charge < -0.3 is 19.1 Å². The van der Waals surface area contributed by atoms with E-state index < -0.39 is 5.82 Å². The van der Waals surface area contributed by atoms with Crippen LogP contribution in [-0.4, -0.2) is 16.5 Å². The molecule has 0 bridgehead atoms. The number of aryl methyl sites for hydroxylation is 1. The van der Waals surface area contributed by atoms with Crippen LogP contribution in [0.5, 0.6) is 11.6 Å². The van der Waals surface area contributed by atoms with Crippen LogP contribution >= 0.6 is 0 Å². The van der Waals surface area contributed by atoms with E-state index in [1.54, 1.807) is 6.07 Å². The van der Waals surface area contributed by atoms with Crippen LogP contribution in [0.1, 0.15) is 16.7 Å². The number of nitrogens with zero attached hydrogens (tertiary/aromatic N) is 2. The Bertz CT molecular complexity index is 997. The molecule has 0 spiro atoms. The van der Waals surface area contributed by atoms with Crippen molar-refractivity contribution in [2.45, 2.75) is 20.1 Å². The van der Waals surface area contributed by atoms with Gasteiger partial charge in [0.1, 0.15) is 11.6 Å². The molecule has 2 aromatic carbocycles. The highest BCUT2D eigenvalue weighted by atomic mass is 19.1. The molecule has 0 aliphatic carbocycles. The van der Waals surface area contributed by atoms with Crippen molar-refractivity contribution < 1.29 is 19.0 Å². The molecule has 0 atom stereocenters. The number of hydrogen-bond acceptors (Lipinski definition) is 5.